The molecule has 2 heterocycles. The number of thiophene rings is 1. The van der Waals surface area contributed by atoms with Gasteiger partial charge in [0.2, 0.25) is 0 Å². The summed E-state index contributed by atoms with van der Waals surface area (Å²) in [5, 5.41) is 16.3. The lowest BCUT2D eigenvalue weighted by Crippen LogP contribution is -2.16. The first-order chi connectivity index (χ1) is 9.65. The molecular weight excluding hydrogens is 274 g/mol. The highest BCUT2D eigenvalue weighted by atomic mass is 32.1. The van der Waals surface area contributed by atoms with Gasteiger partial charge in [-0.1, -0.05) is 0 Å². The lowest BCUT2D eigenvalue weighted by Gasteiger charge is -2.24. The van der Waals surface area contributed by atoms with E-state index in [1.54, 1.807) is 24.3 Å². The minimum Gasteiger partial charge on any atom is -0.363 e. The maximum absolute atomic E-state index is 10.8. The van der Waals surface area contributed by atoms with Crippen LogP contribution in [0.15, 0.2) is 23.6 Å². The summed E-state index contributed by atoms with van der Waals surface area (Å²) >= 11 is 1.80. The molecule has 0 radical (unpaired) electrons. The normalized spacial score (nSPS) is 17.6. The van der Waals surface area contributed by atoms with Crippen LogP contribution in [0.5, 0.6) is 0 Å². The van der Waals surface area contributed by atoms with Crippen molar-refractivity contribution in [3.63, 3.8) is 0 Å². The maximum atomic E-state index is 10.8. The summed E-state index contributed by atoms with van der Waals surface area (Å²) in [5.41, 5.74) is 1.86. The molecule has 6 heteroatoms. The Kier molecular flexibility index (Phi) is 3.40. The highest BCUT2D eigenvalue weighted by molar-refractivity contribution is 7.10. The number of nitrogens with zero attached hydrogens (tertiary/aromatic N) is 2. The van der Waals surface area contributed by atoms with Gasteiger partial charge >= 0.3 is 0 Å². The van der Waals surface area contributed by atoms with Gasteiger partial charge in [0.05, 0.1) is 11.0 Å². The third kappa shape index (κ3) is 2.38. The second-order valence-electron chi connectivity index (χ2n) is 4.95. The monoisotopic (exact) mass is 289 g/mol. The van der Waals surface area contributed by atoms with Crippen LogP contribution in [0.2, 0.25) is 0 Å². The van der Waals surface area contributed by atoms with Crippen molar-refractivity contribution in [1.82, 2.24) is 4.98 Å². The van der Waals surface area contributed by atoms with Gasteiger partial charge in [-0.15, -0.1) is 11.3 Å². The van der Waals surface area contributed by atoms with Gasteiger partial charge < -0.3 is 5.32 Å². The standard InChI is InChI=1S/C14H15N3O2S/c1-9-12(17(18)19)5-6-14(15-9)16-11-3-2-4-13-10(11)7-8-20-13/h5-8,11H,2-4H2,1H3,(H,15,16). The van der Waals surface area contributed by atoms with Crippen molar-refractivity contribution in [2.75, 3.05) is 5.32 Å². The first kappa shape index (κ1) is 13.1. The fraction of sp³-hybridized carbons (Fsp3) is 0.357. The summed E-state index contributed by atoms with van der Waals surface area (Å²) in [6, 6.07) is 5.63. The Morgan fingerprint density at radius 2 is 2.30 bits per heavy atom. The lowest BCUT2D eigenvalue weighted by atomic mass is 9.94. The Labute approximate surface area is 120 Å². The van der Waals surface area contributed by atoms with Crippen LogP contribution in [0, 0.1) is 17.0 Å². The summed E-state index contributed by atoms with van der Waals surface area (Å²) in [6.45, 7) is 1.67. The summed E-state index contributed by atoms with van der Waals surface area (Å²) in [5.74, 6) is 0.706. The second kappa shape index (κ2) is 5.20. The molecule has 1 N–H and O–H groups in total. The minimum absolute atomic E-state index is 0.0652. The molecule has 0 saturated carbocycles. The Balaban J connectivity index is 1.83. The van der Waals surface area contributed by atoms with Gasteiger partial charge in [0.25, 0.3) is 5.69 Å². The Hall–Kier alpha value is -1.95. The number of nitrogens with one attached hydrogen (secondary N) is 1. The minimum atomic E-state index is -0.399. The van der Waals surface area contributed by atoms with E-state index in [0.29, 0.717) is 11.5 Å². The van der Waals surface area contributed by atoms with Crippen LogP contribution in [-0.4, -0.2) is 9.91 Å². The maximum Gasteiger partial charge on any atom is 0.290 e. The third-order valence-corrected chi connectivity index (χ3v) is 4.63. The molecule has 20 heavy (non-hydrogen) atoms. The fourth-order valence-electron chi connectivity index (χ4n) is 2.64. The molecule has 1 unspecified atom stereocenters. The number of rotatable bonds is 3. The molecule has 104 valence electrons. The first-order valence-electron chi connectivity index (χ1n) is 6.60. The van der Waals surface area contributed by atoms with Crippen LogP contribution in [0.25, 0.3) is 0 Å². The average molecular weight is 289 g/mol. The largest absolute Gasteiger partial charge is 0.363 e. The number of hydrogen-bond acceptors (Lipinski definition) is 5. The highest BCUT2D eigenvalue weighted by Gasteiger charge is 2.22. The Bertz CT molecular complexity index is 654. The summed E-state index contributed by atoms with van der Waals surface area (Å²) < 4.78 is 0. The molecule has 2 aromatic heterocycles. The van der Waals surface area contributed by atoms with Crippen molar-refractivity contribution in [1.29, 1.82) is 0 Å². The van der Waals surface area contributed by atoms with E-state index in [9.17, 15) is 10.1 Å². The van der Waals surface area contributed by atoms with Crippen molar-refractivity contribution in [3.8, 4) is 0 Å². The van der Waals surface area contributed by atoms with Gasteiger partial charge in [-0.05, 0) is 49.3 Å². The first-order valence-corrected chi connectivity index (χ1v) is 7.48. The quantitative estimate of drug-likeness (QED) is 0.688. The summed E-state index contributed by atoms with van der Waals surface area (Å²) in [7, 11) is 0. The SMILES string of the molecule is Cc1nc(NC2CCCc3sccc32)ccc1[N+](=O)[O-]. The topological polar surface area (TPSA) is 68.1 Å². The van der Waals surface area contributed by atoms with Crippen molar-refractivity contribution in [2.24, 2.45) is 0 Å². The Morgan fingerprint density at radius 3 is 3.05 bits per heavy atom. The predicted molar refractivity (Wildman–Crippen MR) is 79.2 cm³/mol. The van der Waals surface area contributed by atoms with Crippen LogP contribution < -0.4 is 5.32 Å². The van der Waals surface area contributed by atoms with Crippen molar-refractivity contribution in [3.05, 3.63) is 49.8 Å². The zero-order valence-electron chi connectivity index (χ0n) is 11.1. The van der Waals surface area contributed by atoms with E-state index >= 15 is 0 Å². The molecule has 0 aromatic carbocycles. The van der Waals surface area contributed by atoms with Crippen molar-refractivity contribution in [2.45, 2.75) is 32.2 Å². The number of fused-ring (bicyclic) bond motifs is 1. The van der Waals surface area contributed by atoms with E-state index in [2.05, 4.69) is 21.7 Å². The number of aromatic nitrogens is 1. The van der Waals surface area contributed by atoms with Gasteiger partial charge in [0.1, 0.15) is 11.5 Å². The molecule has 2 aromatic rings. The zero-order valence-corrected chi connectivity index (χ0v) is 11.9. The molecule has 0 amide bonds. The third-order valence-electron chi connectivity index (χ3n) is 3.63. The molecule has 0 aliphatic heterocycles. The van der Waals surface area contributed by atoms with Gasteiger partial charge in [-0.3, -0.25) is 10.1 Å². The Morgan fingerprint density at radius 1 is 1.45 bits per heavy atom. The van der Waals surface area contributed by atoms with Crippen LogP contribution in [-0.2, 0) is 6.42 Å². The highest BCUT2D eigenvalue weighted by Crippen LogP contribution is 2.35. The molecular formula is C14H15N3O2S. The zero-order chi connectivity index (χ0) is 14.1. The van der Waals surface area contributed by atoms with E-state index in [1.807, 2.05) is 0 Å². The van der Waals surface area contributed by atoms with Gasteiger partial charge in [-0.2, -0.15) is 0 Å². The molecule has 1 atom stereocenters. The van der Waals surface area contributed by atoms with Crippen LogP contribution in [0.4, 0.5) is 11.5 Å². The molecule has 0 bridgehead atoms. The number of aryl methyl sites for hydroxylation is 2. The molecule has 1 aliphatic rings. The lowest BCUT2D eigenvalue weighted by molar-refractivity contribution is -0.385. The number of hydrogen-bond donors (Lipinski definition) is 1. The number of pyridine rings is 1. The van der Waals surface area contributed by atoms with Gasteiger partial charge in [0, 0.05) is 10.9 Å². The van der Waals surface area contributed by atoms with E-state index in [4.69, 9.17) is 0 Å². The van der Waals surface area contributed by atoms with E-state index in [1.165, 1.54) is 16.5 Å². The molecule has 3 rings (SSSR count). The summed E-state index contributed by atoms with van der Waals surface area (Å²) in [4.78, 5) is 16.1. The van der Waals surface area contributed by atoms with Gasteiger partial charge in [0.15, 0.2) is 0 Å². The van der Waals surface area contributed by atoms with Gasteiger partial charge in [-0.25, -0.2) is 4.98 Å². The number of anilines is 1. The van der Waals surface area contributed by atoms with Crippen LogP contribution >= 0.6 is 11.3 Å². The molecule has 0 spiro atoms. The van der Waals surface area contributed by atoms with Crippen LogP contribution in [0.1, 0.15) is 35.0 Å². The van der Waals surface area contributed by atoms with E-state index < -0.39 is 4.92 Å². The molecule has 0 fully saturated rings. The van der Waals surface area contributed by atoms with Crippen LogP contribution in [0.3, 0.4) is 0 Å². The fourth-order valence-corrected chi connectivity index (χ4v) is 3.63. The molecule has 0 saturated heterocycles. The average Bonchev–Trinajstić information content (AvgIpc) is 2.87. The van der Waals surface area contributed by atoms with E-state index in [0.717, 1.165) is 19.3 Å². The predicted octanol–water partition coefficient (Wildman–Crippen LogP) is 3.85. The van der Waals surface area contributed by atoms with Crippen molar-refractivity contribution >= 4 is 22.8 Å². The van der Waals surface area contributed by atoms with E-state index in [-0.39, 0.29) is 11.7 Å². The number of nitro groups is 1. The summed E-state index contributed by atoms with van der Waals surface area (Å²) in [6.07, 6.45) is 3.39. The smallest absolute Gasteiger partial charge is 0.290 e. The van der Waals surface area contributed by atoms with Crippen molar-refractivity contribution < 1.29 is 4.92 Å². The molecule has 5 nitrogen and oxygen atoms in total. The second-order valence-corrected chi connectivity index (χ2v) is 5.95. The molecule has 1 aliphatic carbocycles.